The Kier molecular flexibility index (Phi) is 8.11. The van der Waals surface area contributed by atoms with Crippen molar-refractivity contribution in [1.82, 2.24) is 19.4 Å². The van der Waals surface area contributed by atoms with Crippen LogP contribution in [0.5, 0.6) is 11.5 Å². The van der Waals surface area contributed by atoms with Crippen molar-refractivity contribution in [3.8, 4) is 11.5 Å². The molecule has 10 heteroatoms. The Labute approximate surface area is 228 Å². The summed E-state index contributed by atoms with van der Waals surface area (Å²) in [5, 5.41) is 10.5. The topological polar surface area (TPSA) is 110 Å². The molecule has 0 unspecified atom stereocenters. The Morgan fingerprint density at radius 3 is 2.74 bits per heavy atom. The second-order valence-electron chi connectivity index (χ2n) is 10.2. The molecule has 10 nitrogen and oxygen atoms in total. The average molecular weight is 534 g/mol. The van der Waals surface area contributed by atoms with Crippen molar-refractivity contribution in [3.05, 3.63) is 66.5 Å². The van der Waals surface area contributed by atoms with Gasteiger partial charge >= 0.3 is 5.97 Å². The Bertz CT molecular complexity index is 1300. The number of unbranched alkanes of at least 4 members (excludes halogenated alkanes) is 1. The highest BCUT2D eigenvalue weighted by Gasteiger charge is 2.47. The van der Waals surface area contributed by atoms with Crippen molar-refractivity contribution in [2.24, 2.45) is 13.0 Å². The first-order valence-corrected chi connectivity index (χ1v) is 13.5. The third-order valence-electron chi connectivity index (χ3n) is 7.78. The first kappa shape index (κ1) is 26.7. The number of carbonyl (C=O) groups excluding carboxylic acids is 1. The number of carbonyl (C=O) groups is 2. The summed E-state index contributed by atoms with van der Waals surface area (Å²) >= 11 is 0. The Hall–Kier alpha value is -3.92. The maximum absolute atomic E-state index is 13.8. The minimum absolute atomic E-state index is 0.0612. The monoisotopic (exact) mass is 533 g/mol. The van der Waals surface area contributed by atoms with Crippen LogP contribution >= 0.6 is 0 Å². The predicted molar refractivity (Wildman–Crippen MR) is 145 cm³/mol. The minimum Gasteiger partial charge on any atom is -0.481 e. The molecule has 1 fully saturated rings. The fourth-order valence-corrected chi connectivity index (χ4v) is 5.73. The van der Waals surface area contributed by atoms with Crippen LogP contribution in [-0.4, -0.2) is 68.9 Å². The van der Waals surface area contributed by atoms with E-state index in [-0.39, 0.29) is 31.2 Å². The van der Waals surface area contributed by atoms with Crippen LogP contribution in [0.25, 0.3) is 0 Å². The van der Waals surface area contributed by atoms with E-state index in [1.807, 2.05) is 48.1 Å². The Morgan fingerprint density at radius 1 is 1.18 bits per heavy atom. The molecule has 0 spiro atoms. The highest BCUT2D eigenvalue weighted by Crippen LogP contribution is 2.43. The number of imidazole rings is 1. The number of rotatable bonds is 11. The van der Waals surface area contributed by atoms with E-state index in [1.54, 1.807) is 23.5 Å². The summed E-state index contributed by atoms with van der Waals surface area (Å²) in [4.78, 5) is 39.0. The van der Waals surface area contributed by atoms with E-state index in [1.165, 1.54) is 0 Å². The molecule has 0 saturated carbocycles. The van der Waals surface area contributed by atoms with Gasteiger partial charge < -0.3 is 24.0 Å². The molecule has 3 aromatic rings. The molecule has 0 bridgehead atoms. The molecule has 39 heavy (non-hydrogen) atoms. The molecule has 1 aromatic carbocycles. The lowest BCUT2D eigenvalue weighted by atomic mass is 9.83. The number of pyridine rings is 1. The molecule has 4 heterocycles. The highest BCUT2D eigenvalue weighted by molar-refractivity contribution is 5.94. The van der Waals surface area contributed by atoms with Gasteiger partial charge in [0.05, 0.1) is 24.3 Å². The van der Waals surface area contributed by atoms with Crippen LogP contribution in [0, 0.1) is 5.92 Å². The van der Waals surface area contributed by atoms with E-state index in [0.717, 1.165) is 29.9 Å². The molecule has 5 rings (SSSR count). The van der Waals surface area contributed by atoms with Gasteiger partial charge in [0.2, 0.25) is 12.7 Å². The van der Waals surface area contributed by atoms with Crippen molar-refractivity contribution in [3.63, 3.8) is 0 Å². The number of aryl methyl sites for hydroxylation is 2. The van der Waals surface area contributed by atoms with Gasteiger partial charge in [0.1, 0.15) is 5.82 Å². The van der Waals surface area contributed by atoms with Crippen LogP contribution in [0.4, 0.5) is 5.69 Å². The van der Waals surface area contributed by atoms with Gasteiger partial charge in [0.15, 0.2) is 11.5 Å². The molecule has 2 aliphatic rings. The summed E-state index contributed by atoms with van der Waals surface area (Å²) in [6.07, 6.45) is 10.0. The SMILES string of the molecule is CCCCN(C(=O)CN1C[C@H](c2ccc3c(c2)OCO3)[C@@H](C(=O)O)[C@@H]1CCc1nccn1C)c1cccnc1. The molecule has 2 aromatic heterocycles. The minimum atomic E-state index is -0.868. The number of hydrogen-bond acceptors (Lipinski definition) is 7. The van der Waals surface area contributed by atoms with Gasteiger partial charge in [-0.2, -0.15) is 0 Å². The van der Waals surface area contributed by atoms with Crippen LogP contribution in [0.2, 0.25) is 0 Å². The fraction of sp³-hybridized carbons (Fsp3) is 0.448. The summed E-state index contributed by atoms with van der Waals surface area (Å²) in [7, 11) is 1.93. The van der Waals surface area contributed by atoms with Crippen LogP contribution in [0.1, 0.15) is 43.5 Å². The van der Waals surface area contributed by atoms with Gasteiger partial charge in [-0.1, -0.05) is 19.4 Å². The largest absolute Gasteiger partial charge is 0.481 e. The van der Waals surface area contributed by atoms with Crippen LogP contribution in [-0.2, 0) is 23.1 Å². The van der Waals surface area contributed by atoms with Gasteiger partial charge in [-0.05, 0) is 42.7 Å². The lowest BCUT2D eigenvalue weighted by molar-refractivity contribution is -0.143. The summed E-state index contributed by atoms with van der Waals surface area (Å²) in [6.45, 7) is 3.39. The first-order chi connectivity index (χ1) is 19.0. The zero-order valence-electron chi connectivity index (χ0n) is 22.4. The maximum atomic E-state index is 13.8. The molecular weight excluding hydrogens is 498 g/mol. The molecule has 1 amide bonds. The summed E-state index contributed by atoms with van der Waals surface area (Å²) in [5.41, 5.74) is 1.63. The number of benzene rings is 1. The molecule has 1 N–H and O–H groups in total. The Balaban J connectivity index is 1.44. The lowest BCUT2D eigenvalue weighted by Crippen LogP contribution is -2.44. The third-order valence-corrected chi connectivity index (χ3v) is 7.78. The third kappa shape index (κ3) is 5.75. The first-order valence-electron chi connectivity index (χ1n) is 13.5. The molecular formula is C29H35N5O5. The summed E-state index contributed by atoms with van der Waals surface area (Å²) < 4.78 is 13.0. The number of carboxylic acid groups (broad SMARTS) is 1. The zero-order chi connectivity index (χ0) is 27.4. The Morgan fingerprint density at radius 2 is 2.03 bits per heavy atom. The van der Waals surface area contributed by atoms with Gasteiger partial charge in [-0.25, -0.2) is 4.98 Å². The second kappa shape index (κ2) is 11.9. The number of hydrogen-bond donors (Lipinski definition) is 1. The van der Waals surface area contributed by atoms with Gasteiger partial charge in [0.25, 0.3) is 0 Å². The smallest absolute Gasteiger partial charge is 0.308 e. The number of aliphatic carboxylic acids is 1. The number of fused-ring (bicyclic) bond motifs is 1. The van der Waals surface area contributed by atoms with Crippen molar-refractivity contribution in [2.75, 3.05) is 31.3 Å². The van der Waals surface area contributed by atoms with E-state index in [0.29, 0.717) is 37.4 Å². The average Bonchev–Trinajstić information content (AvgIpc) is 3.66. The number of amides is 1. The number of anilines is 1. The fourth-order valence-electron chi connectivity index (χ4n) is 5.73. The van der Waals surface area contributed by atoms with E-state index >= 15 is 0 Å². The van der Waals surface area contributed by atoms with Crippen molar-refractivity contribution >= 4 is 17.6 Å². The normalized spacial score (nSPS) is 20.3. The zero-order valence-corrected chi connectivity index (χ0v) is 22.4. The standard InChI is InChI=1S/C29H35N5O5/c1-3-4-13-34(21-6-5-11-30-16-21)27(35)18-33-17-22(20-7-9-24-25(15-20)39-19-38-24)28(29(36)37)23(33)8-10-26-31-12-14-32(26)2/h5-7,9,11-12,14-16,22-23,28H,3-4,8,10,13,17-19H2,1-2H3,(H,36,37)/t22-,23+,28-/m1/s1. The van der Waals surface area contributed by atoms with E-state index < -0.39 is 11.9 Å². The number of aromatic nitrogens is 3. The van der Waals surface area contributed by atoms with Crippen LogP contribution in [0.3, 0.4) is 0 Å². The van der Waals surface area contributed by atoms with Gasteiger partial charge in [-0.15, -0.1) is 0 Å². The summed E-state index contributed by atoms with van der Waals surface area (Å²) in [6, 6.07) is 9.00. The van der Waals surface area contributed by atoms with Crippen LogP contribution in [0.15, 0.2) is 55.1 Å². The quantitative estimate of drug-likeness (QED) is 0.399. The van der Waals surface area contributed by atoms with Crippen molar-refractivity contribution in [2.45, 2.75) is 44.6 Å². The summed E-state index contributed by atoms with van der Waals surface area (Å²) in [5.74, 6) is 0.237. The second-order valence-corrected chi connectivity index (χ2v) is 10.2. The number of ether oxygens (including phenoxy) is 2. The molecule has 3 atom stereocenters. The molecule has 1 saturated heterocycles. The molecule has 2 aliphatic heterocycles. The number of carboxylic acids is 1. The molecule has 0 aliphatic carbocycles. The predicted octanol–water partition coefficient (Wildman–Crippen LogP) is 3.48. The number of nitrogens with zero attached hydrogens (tertiary/aromatic N) is 5. The number of likely N-dealkylation sites (tertiary alicyclic amines) is 1. The van der Waals surface area contributed by atoms with Crippen LogP contribution < -0.4 is 14.4 Å². The van der Waals surface area contributed by atoms with Crippen molar-refractivity contribution < 1.29 is 24.2 Å². The van der Waals surface area contributed by atoms with Gasteiger partial charge in [-0.3, -0.25) is 19.5 Å². The maximum Gasteiger partial charge on any atom is 0.308 e. The highest BCUT2D eigenvalue weighted by atomic mass is 16.7. The van der Waals surface area contributed by atoms with E-state index in [4.69, 9.17) is 9.47 Å². The van der Waals surface area contributed by atoms with Crippen molar-refractivity contribution in [1.29, 1.82) is 0 Å². The van der Waals surface area contributed by atoms with Gasteiger partial charge in [0, 0.05) is 57.1 Å². The molecule has 0 radical (unpaired) electrons. The van der Waals surface area contributed by atoms with E-state index in [2.05, 4.69) is 21.8 Å². The lowest BCUT2D eigenvalue weighted by Gasteiger charge is -2.29. The van der Waals surface area contributed by atoms with E-state index in [9.17, 15) is 14.7 Å². The molecule has 206 valence electrons.